The molecule has 0 spiro atoms. The fraction of sp³-hybridized carbons (Fsp3) is 0.290. The van der Waals surface area contributed by atoms with Crippen LogP contribution >= 0.6 is 0 Å². The first-order valence-corrected chi connectivity index (χ1v) is 14.0. The van der Waals surface area contributed by atoms with E-state index in [4.69, 9.17) is 9.72 Å². The molecule has 11 nitrogen and oxygen atoms in total. The van der Waals surface area contributed by atoms with Crippen LogP contribution in [-0.2, 0) is 18.4 Å². The van der Waals surface area contributed by atoms with Crippen molar-refractivity contribution >= 4 is 50.9 Å². The average molecular weight is 567 g/mol. The molecular formula is C31H34N8O3. The molecule has 0 fully saturated rings. The van der Waals surface area contributed by atoms with Crippen LogP contribution in [-0.4, -0.2) is 57.1 Å². The van der Waals surface area contributed by atoms with Gasteiger partial charge < -0.3 is 24.4 Å². The van der Waals surface area contributed by atoms with Crippen molar-refractivity contribution in [1.82, 2.24) is 23.9 Å². The Hall–Kier alpha value is -5.06. The van der Waals surface area contributed by atoms with Gasteiger partial charge >= 0.3 is 0 Å². The highest BCUT2D eigenvalue weighted by atomic mass is 16.5. The Morgan fingerprint density at radius 2 is 1.95 bits per heavy atom. The predicted molar refractivity (Wildman–Crippen MR) is 167 cm³/mol. The maximum absolute atomic E-state index is 13.6. The molecule has 2 aromatic carbocycles. The summed E-state index contributed by atoms with van der Waals surface area (Å²) in [4.78, 5) is 39.5. The summed E-state index contributed by atoms with van der Waals surface area (Å²) in [6.45, 7) is 4.87. The summed E-state index contributed by atoms with van der Waals surface area (Å²) in [5, 5.41) is 4.90. The number of aryl methyl sites for hydroxylation is 1. The van der Waals surface area contributed by atoms with Crippen LogP contribution in [0.1, 0.15) is 20.3 Å². The molecule has 1 aliphatic heterocycles. The third-order valence-corrected chi connectivity index (χ3v) is 7.49. The average Bonchev–Trinajstić information content (AvgIpc) is 3.48. The zero-order valence-corrected chi connectivity index (χ0v) is 24.5. The van der Waals surface area contributed by atoms with Crippen molar-refractivity contribution in [1.29, 1.82) is 0 Å². The van der Waals surface area contributed by atoms with Crippen molar-refractivity contribution in [3.8, 4) is 11.4 Å². The number of benzene rings is 2. The SMILES string of the molecule is C/C=C\Cn1c(=O)c2cnc(Nc3cc(N(C)C)c4ccn(C)c4c3)nc2n1-c1ccc2c(c1)N(CCC)C(=O)CO2. The lowest BCUT2D eigenvalue weighted by Crippen LogP contribution is -2.39. The number of aromatic nitrogens is 5. The topological polar surface area (TPSA) is 102 Å². The van der Waals surface area contributed by atoms with E-state index in [2.05, 4.69) is 38.0 Å². The Bertz CT molecular complexity index is 1910. The Labute approximate surface area is 243 Å². The summed E-state index contributed by atoms with van der Waals surface area (Å²) in [7, 11) is 6.04. The van der Waals surface area contributed by atoms with Gasteiger partial charge in [-0.25, -0.2) is 14.3 Å². The highest BCUT2D eigenvalue weighted by Gasteiger charge is 2.26. The molecule has 0 aliphatic carbocycles. The van der Waals surface area contributed by atoms with Gasteiger partial charge in [-0.3, -0.25) is 9.59 Å². The van der Waals surface area contributed by atoms with Crippen molar-refractivity contribution < 1.29 is 9.53 Å². The first-order valence-electron chi connectivity index (χ1n) is 14.0. The Kier molecular flexibility index (Phi) is 6.93. The highest BCUT2D eigenvalue weighted by molar-refractivity contribution is 5.98. The maximum atomic E-state index is 13.6. The Morgan fingerprint density at radius 3 is 2.71 bits per heavy atom. The van der Waals surface area contributed by atoms with Gasteiger partial charge in [0.15, 0.2) is 12.3 Å². The first kappa shape index (κ1) is 27.1. The Balaban J connectivity index is 1.50. The maximum Gasteiger partial charge on any atom is 0.278 e. The van der Waals surface area contributed by atoms with Gasteiger partial charge in [-0.15, -0.1) is 0 Å². The lowest BCUT2D eigenvalue weighted by atomic mass is 10.2. The van der Waals surface area contributed by atoms with E-state index < -0.39 is 0 Å². The normalized spacial score (nSPS) is 13.3. The molecule has 0 unspecified atom stereocenters. The molecule has 0 saturated carbocycles. The summed E-state index contributed by atoms with van der Waals surface area (Å²) >= 11 is 0. The number of nitrogens with zero attached hydrogens (tertiary/aromatic N) is 7. The van der Waals surface area contributed by atoms with Gasteiger partial charge in [-0.05, 0) is 49.7 Å². The molecule has 0 atom stereocenters. The second-order valence-corrected chi connectivity index (χ2v) is 10.6. The van der Waals surface area contributed by atoms with Crippen LogP contribution in [0.4, 0.5) is 23.0 Å². The number of carbonyl (C=O) groups excluding carboxylic acids is 1. The third kappa shape index (κ3) is 4.56. The molecule has 0 bridgehead atoms. The number of rotatable bonds is 8. The molecule has 11 heteroatoms. The molecule has 4 heterocycles. The summed E-state index contributed by atoms with van der Waals surface area (Å²) in [5.74, 6) is 0.906. The van der Waals surface area contributed by atoms with E-state index in [1.54, 1.807) is 20.5 Å². The van der Waals surface area contributed by atoms with E-state index >= 15 is 0 Å². The summed E-state index contributed by atoms with van der Waals surface area (Å²) in [5.41, 5.74) is 4.58. The quantitative estimate of drug-likeness (QED) is 0.274. The number of ether oxygens (including phenoxy) is 1. The van der Waals surface area contributed by atoms with Crippen LogP contribution in [0.5, 0.6) is 5.75 Å². The van der Waals surface area contributed by atoms with Crippen LogP contribution in [0.3, 0.4) is 0 Å². The molecule has 6 rings (SSSR count). The third-order valence-electron chi connectivity index (χ3n) is 7.49. The van der Waals surface area contributed by atoms with Crippen LogP contribution in [0.25, 0.3) is 27.6 Å². The number of fused-ring (bicyclic) bond motifs is 3. The zero-order valence-electron chi connectivity index (χ0n) is 24.5. The highest BCUT2D eigenvalue weighted by Crippen LogP contribution is 2.35. The van der Waals surface area contributed by atoms with Crippen molar-refractivity contribution in [3.63, 3.8) is 0 Å². The van der Waals surface area contributed by atoms with Gasteiger partial charge in [0.05, 0.1) is 23.4 Å². The Morgan fingerprint density at radius 1 is 1.12 bits per heavy atom. The van der Waals surface area contributed by atoms with Crippen LogP contribution < -0.4 is 25.4 Å². The number of amides is 1. The monoisotopic (exact) mass is 566 g/mol. The molecule has 42 heavy (non-hydrogen) atoms. The molecule has 0 radical (unpaired) electrons. The van der Waals surface area contributed by atoms with Gasteiger partial charge in [0.1, 0.15) is 11.1 Å². The van der Waals surface area contributed by atoms with Crippen molar-refractivity contribution in [2.24, 2.45) is 7.05 Å². The molecule has 1 N–H and O–H groups in total. The van der Waals surface area contributed by atoms with Gasteiger partial charge in [-0.1, -0.05) is 19.1 Å². The second kappa shape index (κ2) is 10.7. The lowest BCUT2D eigenvalue weighted by molar-refractivity contribution is -0.121. The van der Waals surface area contributed by atoms with Gasteiger partial charge in [-0.2, -0.15) is 4.98 Å². The van der Waals surface area contributed by atoms with E-state index in [-0.39, 0.29) is 18.1 Å². The predicted octanol–water partition coefficient (Wildman–Crippen LogP) is 4.60. The van der Waals surface area contributed by atoms with Crippen LogP contribution in [0, 0.1) is 0 Å². The minimum Gasteiger partial charge on any atom is -0.482 e. The number of carbonyl (C=O) groups is 1. The van der Waals surface area contributed by atoms with E-state index in [1.165, 1.54) is 0 Å². The largest absolute Gasteiger partial charge is 0.482 e. The van der Waals surface area contributed by atoms with E-state index in [0.29, 0.717) is 47.2 Å². The fourth-order valence-corrected chi connectivity index (χ4v) is 5.44. The molecule has 216 valence electrons. The minimum atomic E-state index is -0.203. The number of nitrogens with one attached hydrogen (secondary N) is 1. The number of allylic oxidation sites excluding steroid dienone is 2. The van der Waals surface area contributed by atoms with Gasteiger partial charge in [0, 0.05) is 56.8 Å². The minimum absolute atomic E-state index is 0.0111. The van der Waals surface area contributed by atoms with Gasteiger partial charge in [0.2, 0.25) is 5.95 Å². The number of hydrogen-bond donors (Lipinski definition) is 1. The molecular weight excluding hydrogens is 532 g/mol. The van der Waals surface area contributed by atoms with Crippen LogP contribution in [0.15, 0.2) is 65.7 Å². The number of hydrogen-bond acceptors (Lipinski definition) is 7. The molecule has 1 amide bonds. The van der Waals surface area contributed by atoms with Gasteiger partial charge in [0.25, 0.3) is 11.5 Å². The molecule has 3 aromatic heterocycles. The standard InChI is InChI=1S/C31H34N8O3/c1-6-8-13-38-30(41)23-18-32-31(33-20-15-24(35(3)4)22-11-14-36(5)25(22)16-20)34-29(23)39(38)21-9-10-27-26(17-21)37(12-7-2)28(40)19-42-27/h6,8-11,14-18H,7,12-13,19H2,1-5H3,(H,32,33,34)/b8-6-. The first-order chi connectivity index (χ1) is 20.3. The van der Waals surface area contributed by atoms with E-state index in [1.807, 2.05) is 71.5 Å². The van der Waals surface area contributed by atoms with Crippen molar-refractivity contribution in [2.75, 3.05) is 42.4 Å². The molecule has 0 saturated heterocycles. The van der Waals surface area contributed by atoms with Crippen LogP contribution in [0.2, 0.25) is 0 Å². The number of anilines is 4. The summed E-state index contributed by atoms with van der Waals surface area (Å²) in [6.07, 6.45) is 8.22. The summed E-state index contributed by atoms with van der Waals surface area (Å²) in [6, 6.07) is 11.8. The zero-order chi connectivity index (χ0) is 29.5. The molecule has 5 aromatic rings. The smallest absolute Gasteiger partial charge is 0.278 e. The van der Waals surface area contributed by atoms with E-state index in [0.717, 1.165) is 28.7 Å². The van der Waals surface area contributed by atoms with Crippen molar-refractivity contribution in [3.05, 3.63) is 71.3 Å². The second-order valence-electron chi connectivity index (χ2n) is 10.6. The fourth-order valence-electron chi connectivity index (χ4n) is 5.44. The van der Waals surface area contributed by atoms with E-state index in [9.17, 15) is 9.59 Å². The van der Waals surface area contributed by atoms with Crippen molar-refractivity contribution in [2.45, 2.75) is 26.8 Å². The summed E-state index contributed by atoms with van der Waals surface area (Å²) < 4.78 is 11.2. The molecule has 1 aliphatic rings. The lowest BCUT2D eigenvalue weighted by Gasteiger charge is -2.29.